The summed E-state index contributed by atoms with van der Waals surface area (Å²) in [7, 11) is 1.28. The number of carbonyl (C=O) groups excluding carboxylic acids is 2. The Hall–Kier alpha value is -2.86. The van der Waals surface area contributed by atoms with Crippen LogP contribution >= 0.6 is 0 Å². The van der Waals surface area contributed by atoms with Crippen LogP contribution in [0, 0.1) is 0 Å². The van der Waals surface area contributed by atoms with Crippen molar-refractivity contribution in [1.82, 2.24) is 5.32 Å². The summed E-state index contributed by atoms with van der Waals surface area (Å²) < 4.78 is 4.77. The number of phenolic OH excluding ortho intramolecular Hbond substituents is 1. The molecule has 2 aromatic rings. The summed E-state index contributed by atoms with van der Waals surface area (Å²) in [4.78, 5) is 24.3. The molecule has 132 valence electrons. The van der Waals surface area contributed by atoms with Crippen molar-refractivity contribution in [3.05, 3.63) is 65.7 Å². The summed E-state index contributed by atoms with van der Waals surface area (Å²) in [6, 6.07) is 14.2. The van der Waals surface area contributed by atoms with Gasteiger partial charge in [0.2, 0.25) is 5.91 Å². The zero-order valence-corrected chi connectivity index (χ0v) is 14.0. The molecule has 0 saturated heterocycles. The van der Waals surface area contributed by atoms with Crippen molar-refractivity contribution in [2.45, 2.75) is 24.9 Å². The molecule has 2 atom stereocenters. The Morgan fingerprint density at radius 1 is 1.04 bits per heavy atom. The number of nitrogens with one attached hydrogen (secondary N) is 1. The zero-order valence-electron chi connectivity index (χ0n) is 14.0. The van der Waals surface area contributed by atoms with Gasteiger partial charge in [-0.3, -0.25) is 4.79 Å². The Bertz CT molecular complexity index is 701. The highest BCUT2D eigenvalue weighted by atomic mass is 16.5. The van der Waals surface area contributed by atoms with E-state index in [4.69, 9.17) is 10.5 Å². The Morgan fingerprint density at radius 3 is 2.24 bits per heavy atom. The summed E-state index contributed by atoms with van der Waals surface area (Å²) in [5.41, 5.74) is 7.67. The van der Waals surface area contributed by atoms with Crippen LogP contribution < -0.4 is 11.1 Å². The van der Waals surface area contributed by atoms with Crippen molar-refractivity contribution in [3.63, 3.8) is 0 Å². The number of hydrogen-bond acceptors (Lipinski definition) is 5. The van der Waals surface area contributed by atoms with Crippen LogP contribution in [0.15, 0.2) is 54.6 Å². The molecule has 6 nitrogen and oxygen atoms in total. The number of rotatable bonds is 7. The van der Waals surface area contributed by atoms with Gasteiger partial charge in [0.25, 0.3) is 0 Å². The van der Waals surface area contributed by atoms with Crippen molar-refractivity contribution in [1.29, 1.82) is 0 Å². The smallest absolute Gasteiger partial charge is 0.328 e. The van der Waals surface area contributed by atoms with E-state index in [1.165, 1.54) is 19.2 Å². The lowest BCUT2D eigenvalue weighted by Crippen LogP contribution is -2.50. The first-order chi connectivity index (χ1) is 12.0. The predicted molar refractivity (Wildman–Crippen MR) is 93.9 cm³/mol. The number of esters is 1. The second-order valence-corrected chi connectivity index (χ2v) is 5.75. The molecular formula is C19H22N2O4. The van der Waals surface area contributed by atoms with E-state index >= 15 is 0 Å². The molecule has 1 amide bonds. The standard InChI is InChI=1S/C19H22N2O4/c1-25-19(24)17(12-13-5-3-2-4-6-13)21-18(23)16(20)11-14-7-9-15(22)10-8-14/h2-10,16-17,22H,11-12,20H2,1H3,(H,21,23)/t16-,17+/m1/s1. The molecule has 0 radical (unpaired) electrons. The third-order valence-corrected chi connectivity index (χ3v) is 3.81. The Balaban J connectivity index is 2.00. The van der Waals surface area contributed by atoms with E-state index in [1.54, 1.807) is 12.1 Å². The van der Waals surface area contributed by atoms with Gasteiger partial charge in [-0.2, -0.15) is 0 Å². The van der Waals surface area contributed by atoms with Crippen LogP contribution in [0.25, 0.3) is 0 Å². The number of ether oxygens (including phenoxy) is 1. The van der Waals surface area contributed by atoms with E-state index in [1.807, 2.05) is 30.3 Å². The van der Waals surface area contributed by atoms with Gasteiger partial charge >= 0.3 is 5.97 Å². The molecule has 0 aromatic heterocycles. The molecule has 0 aliphatic rings. The molecule has 0 heterocycles. The van der Waals surface area contributed by atoms with E-state index < -0.39 is 24.0 Å². The summed E-state index contributed by atoms with van der Waals surface area (Å²) in [5, 5.41) is 11.9. The minimum Gasteiger partial charge on any atom is -0.508 e. The monoisotopic (exact) mass is 342 g/mol. The minimum absolute atomic E-state index is 0.149. The fourth-order valence-corrected chi connectivity index (χ4v) is 2.44. The highest BCUT2D eigenvalue weighted by Gasteiger charge is 2.24. The number of aromatic hydroxyl groups is 1. The molecule has 0 unspecified atom stereocenters. The number of carbonyl (C=O) groups is 2. The average Bonchev–Trinajstić information content (AvgIpc) is 2.63. The molecular weight excluding hydrogens is 320 g/mol. The van der Waals surface area contributed by atoms with E-state index in [9.17, 15) is 14.7 Å². The number of nitrogens with two attached hydrogens (primary N) is 1. The van der Waals surface area contributed by atoms with Gasteiger partial charge in [0.05, 0.1) is 13.2 Å². The van der Waals surface area contributed by atoms with Crippen LogP contribution in [-0.4, -0.2) is 36.2 Å². The summed E-state index contributed by atoms with van der Waals surface area (Å²) in [6.45, 7) is 0. The second kappa shape index (κ2) is 8.84. The number of amides is 1. The first-order valence-electron chi connectivity index (χ1n) is 7.95. The summed E-state index contributed by atoms with van der Waals surface area (Å²) >= 11 is 0. The van der Waals surface area contributed by atoms with Crippen LogP contribution in [0.3, 0.4) is 0 Å². The predicted octanol–water partition coefficient (Wildman–Crippen LogP) is 1.16. The van der Waals surface area contributed by atoms with Gasteiger partial charge in [-0.05, 0) is 29.7 Å². The van der Waals surface area contributed by atoms with Gasteiger partial charge in [-0.25, -0.2) is 4.79 Å². The highest BCUT2D eigenvalue weighted by molar-refractivity contribution is 5.87. The fraction of sp³-hybridized carbons (Fsp3) is 0.263. The maximum Gasteiger partial charge on any atom is 0.328 e. The maximum absolute atomic E-state index is 12.3. The molecule has 4 N–H and O–H groups in total. The lowest BCUT2D eigenvalue weighted by molar-refractivity contribution is -0.145. The number of methoxy groups -OCH3 is 1. The van der Waals surface area contributed by atoms with E-state index in [2.05, 4.69) is 5.32 Å². The Labute approximate surface area is 146 Å². The van der Waals surface area contributed by atoms with Crippen LogP contribution in [-0.2, 0) is 27.2 Å². The highest BCUT2D eigenvalue weighted by Crippen LogP contribution is 2.11. The zero-order chi connectivity index (χ0) is 18.2. The molecule has 0 aliphatic heterocycles. The van der Waals surface area contributed by atoms with Crippen molar-refractivity contribution in [2.75, 3.05) is 7.11 Å². The van der Waals surface area contributed by atoms with Crippen LogP contribution in [0.5, 0.6) is 5.75 Å². The molecule has 0 spiro atoms. The number of hydrogen-bond donors (Lipinski definition) is 3. The first-order valence-corrected chi connectivity index (χ1v) is 7.95. The molecule has 0 aliphatic carbocycles. The molecule has 0 fully saturated rings. The van der Waals surface area contributed by atoms with Gasteiger partial charge < -0.3 is 20.9 Å². The van der Waals surface area contributed by atoms with Crippen molar-refractivity contribution >= 4 is 11.9 Å². The quantitative estimate of drug-likeness (QED) is 0.656. The Kier molecular flexibility index (Phi) is 6.54. The molecule has 6 heteroatoms. The molecule has 2 aromatic carbocycles. The molecule has 2 rings (SSSR count). The van der Waals surface area contributed by atoms with Crippen LogP contribution in [0.4, 0.5) is 0 Å². The SMILES string of the molecule is COC(=O)[C@H](Cc1ccccc1)NC(=O)[C@H](N)Cc1ccc(O)cc1. The van der Waals surface area contributed by atoms with Gasteiger partial charge in [0.15, 0.2) is 0 Å². The normalized spacial score (nSPS) is 12.9. The minimum atomic E-state index is -0.813. The van der Waals surface area contributed by atoms with E-state index in [0.717, 1.165) is 11.1 Å². The van der Waals surface area contributed by atoms with Gasteiger partial charge in [-0.15, -0.1) is 0 Å². The fourth-order valence-electron chi connectivity index (χ4n) is 2.44. The van der Waals surface area contributed by atoms with Crippen molar-refractivity contribution in [2.24, 2.45) is 5.73 Å². The Morgan fingerprint density at radius 2 is 1.64 bits per heavy atom. The molecule has 0 bridgehead atoms. The maximum atomic E-state index is 12.3. The second-order valence-electron chi connectivity index (χ2n) is 5.75. The van der Waals surface area contributed by atoms with Crippen LogP contribution in [0.1, 0.15) is 11.1 Å². The van der Waals surface area contributed by atoms with Gasteiger partial charge in [0.1, 0.15) is 11.8 Å². The first kappa shape index (κ1) is 18.5. The topological polar surface area (TPSA) is 102 Å². The summed E-state index contributed by atoms with van der Waals surface area (Å²) in [6.07, 6.45) is 0.622. The molecule has 0 saturated carbocycles. The largest absolute Gasteiger partial charge is 0.508 e. The van der Waals surface area contributed by atoms with E-state index in [0.29, 0.717) is 12.8 Å². The lowest BCUT2D eigenvalue weighted by atomic mass is 10.0. The average molecular weight is 342 g/mol. The summed E-state index contributed by atoms with van der Waals surface area (Å²) in [5.74, 6) is -0.802. The number of phenols is 1. The molecule has 25 heavy (non-hydrogen) atoms. The van der Waals surface area contributed by atoms with E-state index in [-0.39, 0.29) is 5.75 Å². The third kappa shape index (κ3) is 5.61. The lowest BCUT2D eigenvalue weighted by Gasteiger charge is -2.19. The van der Waals surface area contributed by atoms with Gasteiger partial charge in [0, 0.05) is 6.42 Å². The third-order valence-electron chi connectivity index (χ3n) is 3.81. The number of benzene rings is 2. The van der Waals surface area contributed by atoms with Crippen LogP contribution in [0.2, 0.25) is 0 Å². The van der Waals surface area contributed by atoms with Crippen molar-refractivity contribution in [3.8, 4) is 5.75 Å². The van der Waals surface area contributed by atoms with Crippen molar-refractivity contribution < 1.29 is 19.4 Å². The van der Waals surface area contributed by atoms with Gasteiger partial charge in [-0.1, -0.05) is 42.5 Å².